The van der Waals surface area contributed by atoms with E-state index in [1.807, 2.05) is 36.4 Å². The van der Waals surface area contributed by atoms with Gasteiger partial charge in [-0.25, -0.2) is 4.79 Å². The highest BCUT2D eigenvalue weighted by molar-refractivity contribution is 6.07. The van der Waals surface area contributed by atoms with Crippen molar-refractivity contribution in [3.05, 3.63) is 93.2 Å². The van der Waals surface area contributed by atoms with E-state index in [9.17, 15) is 19.7 Å². The maximum Gasteiger partial charge on any atom is 0.336 e. The molecule has 0 fully saturated rings. The Morgan fingerprint density at radius 3 is 2.52 bits per heavy atom. The van der Waals surface area contributed by atoms with E-state index < -0.39 is 28.7 Å². The lowest BCUT2D eigenvalue weighted by atomic mass is 9.75. The first-order chi connectivity index (χ1) is 15.8. The number of hydrogen-bond acceptors (Lipinski definition) is 7. The van der Waals surface area contributed by atoms with Crippen molar-refractivity contribution < 1.29 is 24.0 Å². The summed E-state index contributed by atoms with van der Waals surface area (Å²) in [5.74, 6) is -2.98. The second-order valence-corrected chi connectivity index (χ2v) is 7.49. The number of ether oxygens (including phenoxy) is 2. The lowest BCUT2D eigenvalue weighted by Crippen LogP contribution is -2.36. The first-order valence-corrected chi connectivity index (χ1v) is 10.3. The van der Waals surface area contributed by atoms with Gasteiger partial charge in [-0.1, -0.05) is 48.5 Å². The first-order valence-electron chi connectivity index (χ1n) is 10.3. The normalized spacial score (nSPS) is 18.1. The summed E-state index contributed by atoms with van der Waals surface area (Å²) in [6.45, 7) is 3.33. The summed E-state index contributed by atoms with van der Waals surface area (Å²) in [5.41, 5.74) is 2.26. The van der Waals surface area contributed by atoms with E-state index in [1.54, 1.807) is 26.0 Å². The molecule has 2 unspecified atom stereocenters. The van der Waals surface area contributed by atoms with Crippen molar-refractivity contribution in [3.63, 3.8) is 0 Å². The average Bonchev–Trinajstić information content (AvgIpc) is 2.81. The molecule has 33 heavy (non-hydrogen) atoms. The average molecular weight is 448 g/mol. The van der Waals surface area contributed by atoms with Crippen LogP contribution in [-0.2, 0) is 19.1 Å². The molecule has 0 aromatic heterocycles. The summed E-state index contributed by atoms with van der Waals surface area (Å²) in [4.78, 5) is 41.0. The van der Waals surface area contributed by atoms with Crippen LogP contribution in [0.1, 0.15) is 30.9 Å². The highest BCUT2D eigenvalue weighted by Crippen LogP contribution is 2.40. The first kappa shape index (κ1) is 23.6. The highest BCUT2D eigenvalue weighted by atomic mass is 16.6. The molecule has 8 nitrogen and oxygen atoms in total. The van der Waals surface area contributed by atoms with Gasteiger partial charge in [-0.05, 0) is 31.1 Å². The third-order valence-electron chi connectivity index (χ3n) is 5.36. The van der Waals surface area contributed by atoms with Gasteiger partial charge >= 0.3 is 11.9 Å². The van der Waals surface area contributed by atoms with Gasteiger partial charge < -0.3 is 9.47 Å². The molecule has 8 heteroatoms. The number of nitro benzene ring substituents is 1. The Morgan fingerprint density at radius 2 is 1.85 bits per heavy atom. The van der Waals surface area contributed by atoms with Gasteiger partial charge in [0.15, 0.2) is 0 Å². The van der Waals surface area contributed by atoms with E-state index in [1.165, 1.54) is 25.3 Å². The van der Waals surface area contributed by atoms with Gasteiger partial charge in [0, 0.05) is 29.5 Å². The number of allylic oxidation sites excluding steroid dienone is 1. The summed E-state index contributed by atoms with van der Waals surface area (Å²) in [7, 11) is 1.25. The van der Waals surface area contributed by atoms with Crippen molar-refractivity contribution in [2.45, 2.75) is 19.8 Å². The highest BCUT2D eigenvalue weighted by Gasteiger charge is 2.42. The molecule has 0 bridgehead atoms. The quantitative estimate of drug-likeness (QED) is 0.351. The van der Waals surface area contributed by atoms with Crippen LogP contribution in [0.5, 0.6) is 0 Å². The maximum absolute atomic E-state index is 13.1. The molecule has 3 rings (SSSR count). The second-order valence-electron chi connectivity index (χ2n) is 7.49. The zero-order chi connectivity index (χ0) is 24.0. The van der Waals surface area contributed by atoms with Crippen LogP contribution in [0.3, 0.4) is 0 Å². The van der Waals surface area contributed by atoms with Crippen molar-refractivity contribution in [2.75, 3.05) is 13.7 Å². The topological polar surface area (TPSA) is 108 Å². The van der Waals surface area contributed by atoms with Crippen LogP contribution < -0.4 is 0 Å². The molecule has 1 aliphatic heterocycles. The molecule has 2 aromatic rings. The molecule has 1 aliphatic rings. The Kier molecular flexibility index (Phi) is 7.50. The van der Waals surface area contributed by atoms with Crippen LogP contribution >= 0.6 is 0 Å². The third-order valence-corrected chi connectivity index (χ3v) is 5.36. The van der Waals surface area contributed by atoms with Gasteiger partial charge in [0.1, 0.15) is 12.5 Å². The van der Waals surface area contributed by atoms with Crippen molar-refractivity contribution in [1.82, 2.24) is 0 Å². The van der Waals surface area contributed by atoms with Crippen LogP contribution in [0.4, 0.5) is 5.69 Å². The van der Waals surface area contributed by atoms with Gasteiger partial charge in [0.25, 0.3) is 5.69 Å². The van der Waals surface area contributed by atoms with E-state index in [4.69, 9.17) is 9.47 Å². The Morgan fingerprint density at radius 1 is 1.12 bits per heavy atom. The minimum Gasteiger partial charge on any atom is -0.468 e. The van der Waals surface area contributed by atoms with Crippen LogP contribution in [0, 0.1) is 16.0 Å². The predicted octanol–water partition coefficient (Wildman–Crippen LogP) is 4.47. The summed E-state index contributed by atoms with van der Waals surface area (Å²) in [5, 5.41) is 11.3. The largest absolute Gasteiger partial charge is 0.468 e. The number of aliphatic imine (C=N–C) groups is 1. The number of nitro groups is 1. The molecule has 0 saturated heterocycles. The Bertz CT molecular complexity index is 1150. The molecule has 0 amide bonds. The molecule has 0 saturated carbocycles. The molecule has 170 valence electrons. The second kappa shape index (κ2) is 10.5. The fourth-order valence-corrected chi connectivity index (χ4v) is 3.88. The van der Waals surface area contributed by atoms with Crippen LogP contribution in [-0.4, -0.2) is 36.3 Å². The van der Waals surface area contributed by atoms with Crippen molar-refractivity contribution in [1.29, 1.82) is 0 Å². The molecule has 0 spiro atoms. The predicted molar refractivity (Wildman–Crippen MR) is 124 cm³/mol. The number of hydrogen-bond donors (Lipinski definition) is 0. The molecule has 2 atom stereocenters. The number of carbonyl (C=O) groups excluding carboxylic acids is 2. The molecule has 0 aliphatic carbocycles. The van der Waals surface area contributed by atoms with Crippen molar-refractivity contribution in [3.8, 4) is 0 Å². The SMILES string of the molecule is COC(=O)C1C(C)=NC(C)=C(C(=O)OC/C=C/c2ccccc2)C1c1cccc([N+](=O)[O-])c1. The number of nitrogens with zero attached hydrogens (tertiary/aromatic N) is 2. The van der Waals surface area contributed by atoms with Crippen molar-refractivity contribution in [2.24, 2.45) is 10.9 Å². The zero-order valence-corrected chi connectivity index (χ0v) is 18.6. The van der Waals surface area contributed by atoms with Gasteiger partial charge in [-0.15, -0.1) is 0 Å². The number of rotatable bonds is 7. The molecular formula is C25H24N2O6. The maximum atomic E-state index is 13.1. The van der Waals surface area contributed by atoms with E-state index in [0.29, 0.717) is 17.0 Å². The van der Waals surface area contributed by atoms with Gasteiger partial charge in [-0.2, -0.15) is 0 Å². The minimum atomic E-state index is -0.914. The summed E-state index contributed by atoms with van der Waals surface area (Å²) >= 11 is 0. The number of carbonyl (C=O) groups is 2. The third kappa shape index (κ3) is 5.41. The van der Waals surface area contributed by atoms with Crippen LogP contribution in [0.15, 0.2) is 76.9 Å². The molecule has 0 N–H and O–H groups in total. The monoisotopic (exact) mass is 448 g/mol. The smallest absolute Gasteiger partial charge is 0.336 e. The van der Waals surface area contributed by atoms with Crippen molar-refractivity contribution >= 4 is 29.4 Å². The van der Waals surface area contributed by atoms with E-state index in [0.717, 1.165) is 5.56 Å². The zero-order valence-electron chi connectivity index (χ0n) is 18.6. The molecule has 1 heterocycles. The number of benzene rings is 2. The fourth-order valence-electron chi connectivity index (χ4n) is 3.88. The van der Waals surface area contributed by atoms with Gasteiger partial charge in [-0.3, -0.25) is 19.9 Å². The summed E-state index contributed by atoms with van der Waals surface area (Å²) in [6.07, 6.45) is 3.54. The summed E-state index contributed by atoms with van der Waals surface area (Å²) < 4.78 is 10.4. The van der Waals surface area contributed by atoms with E-state index in [-0.39, 0.29) is 17.9 Å². The van der Waals surface area contributed by atoms with Crippen LogP contribution in [0.25, 0.3) is 6.08 Å². The molecular weight excluding hydrogens is 424 g/mol. The standard InChI is InChI=1S/C25H24N2O6/c1-16-21(24(28)32-3)23(19-12-7-13-20(15-19)27(30)31)22(17(2)26-16)25(29)33-14-8-11-18-9-5-4-6-10-18/h4-13,15,21,23H,14H2,1-3H3/b11-8+. The number of non-ortho nitro benzene ring substituents is 1. The summed E-state index contributed by atoms with van der Waals surface area (Å²) in [6, 6.07) is 15.4. The molecule has 0 radical (unpaired) electrons. The Hall–Kier alpha value is -4.07. The lowest BCUT2D eigenvalue weighted by Gasteiger charge is -2.31. The lowest BCUT2D eigenvalue weighted by molar-refractivity contribution is -0.384. The van der Waals surface area contributed by atoms with E-state index in [2.05, 4.69) is 4.99 Å². The van der Waals surface area contributed by atoms with E-state index >= 15 is 0 Å². The Labute approximate surface area is 191 Å². The minimum absolute atomic E-state index is 0.0117. The van der Waals surface area contributed by atoms with Gasteiger partial charge in [0.2, 0.25) is 0 Å². The molecule has 2 aromatic carbocycles. The number of esters is 2. The fraction of sp³-hybridized carbons (Fsp3) is 0.240. The van der Waals surface area contributed by atoms with Gasteiger partial charge in [0.05, 0.1) is 17.6 Å². The number of methoxy groups -OCH3 is 1. The van der Waals surface area contributed by atoms with Crippen LogP contribution in [0.2, 0.25) is 0 Å². The Balaban J connectivity index is 1.95.